The fraction of sp³-hybridized carbons (Fsp3) is 0.909. The van der Waals surface area contributed by atoms with Gasteiger partial charge in [0, 0.05) is 24.4 Å². The second kappa shape index (κ2) is 5.17. The first kappa shape index (κ1) is 12.8. The Kier molecular flexibility index (Phi) is 4.41. The molecular weight excluding hydrogens is 214 g/mol. The second-order valence-electron chi connectivity index (χ2n) is 4.97. The van der Waals surface area contributed by atoms with Crippen LogP contribution >= 0.6 is 11.6 Å². The molecule has 0 saturated heterocycles. The molecule has 1 saturated carbocycles. The predicted molar refractivity (Wildman–Crippen MR) is 60.9 cm³/mol. The fourth-order valence-electron chi connectivity index (χ4n) is 1.87. The van der Waals surface area contributed by atoms with Gasteiger partial charge in [0.05, 0.1) is 5.41 Å². The minimum atomic E-state index is -0.524. The van der Waals surface area contributed by atoms with Crippen molar-refractivity contribution in [1.82, 2.24) is 5.32 Å². The lowest BCUT2D eigenvalue weighted by Crippen LogP contribution is -2.45. The maximum absolute atomic E-state index is 11.8. The van der Waals surface area contributed by atoms with E-state index in [1.165, 1.54) is 0 Å². The Bertz CT molecular complexity index is 231. The van der Waals surface area contributed by atoms with Crippen LogP contribution in [0.5, 0.6) is 0 Å². The zero-order valence-corrected chi connectivity index (χ0v) is 10.2. The second-order valence-corrected chi connectivity index (χ2v) is 5.24. The van der Waals surface area contributed by atoms with E-state index in [9.17, 15) is 4.79 Å². The van der Waals surface area contributed by atoms with E-state index in [-0.39, 0.29) is 24.5 Å². The van der Waals surface area contributed by atoms with Crippen molar-refractivity contribution in [2.75, 3.05) is 12.5 Å². The molecule has 1 fully saturated rings. The van der Waals surface area contributed by atoms with Crippen LogP contribution in [0.1, 0.15) is 33.1 Å². The van der Waals surface area contributed by atoms with Gasteiger partial charge in [-0.2, -0.15) is 0 Å². The summed E-state index contributed by atoms with van der Waals surface area (Å²) in [7, 11) is 0. The first-order chi connectivity index (χ1) is 7.01. The molecule has 0 bridgehead atoms. The average Bonchev–Trinajstić information content (AvgIpc) is 2.65. The molecular formula is C11H20ClNO2. The monoisotopic (exact) mass is 233 g/mol. The number of carbonyl (C=O) groups is 1. The van der Waals surface area contributed by atoms with E-state index in [1.54, 1.807) is 0 Å². The molecule has 0 spiro atoms. The molecule has 0 aromatic heterocycles. The summed E-state index contributed by atoms with van der Waals surface area (Å²) in [5.41, 5.74) is -0.524. The van der Waals surface area contributed by atoms with Crippen LogP contribution in [0.15, 0.2) is 0 Å². The highest BCUT2D eigenvalue weighted by molar-refractivity contribution is 6.19. The van der Waals surface area contributed by atoms with Crippen LogP contribution in [-0.4, -0.2) is 29.5 Å². The lowest BCUT2D eigenvalue weighted by atomic mass is 9.94. The average molecular weight is 234 g/mol. The van der Waals surface area contributed by atoms with Crippen molar-refractivity contribution in [3.63, 3.8) is 0 Å². The van der Waals surface area contributed by atoms with E-state index in [0.29, 0.717) is 5.88 Å². The van der Waals surface area contributed by atoms with Gasteiger partial charge in [0.25, 0.3) is 0 Å². The van der Waals surface area contributed by atoms with Gasteiger partial charge in [-0.15, -0.1) is 11.6 Å². The van der Waals surface area contributed by atoms with Crippen molar-refractivity contribution >= 4 is 17.5 Å². The van der Waals surface area contributed by atoms with Crippen LogP contribution in [0.2, 0.25) is 0 Å². The van der Waals surface area contributed by atoms with E-state index in [2.05, 4.69) is 5.32 Å². The van der Waals surface area contributed by atoms with Gasteiger partial charge in [-0.05, 0) is 26.7 Å². The molecule has 1 amide bonds. The largest absolute Gasteiger partial charge is 0.396 e. The lowest BCUT2D eigenvalue weighted by molar-refractivity contribution is -0.129. The molecule has 2 unspecified atom stereocenters. The number of hydrogen-bond donors (Lipinski definition) is 2. The third-order valence-corrected chi connectivity index (χ3v) is 3.83. The van der Waals surface area contributed by atoms with Crippen molar-refractivity contribution in [2.24, 2.45) is 11.3 Å². The Balaban J connectivity index is 2.51. The molecule has 0 aromatic rings. The number of aliphatic hydroxyl groups excluding tert-OH is 1. The van der Waals surface area contributed by atoms with E-state index < -0.39 is 5.41 Å². The molecule has 0 radical (unpaired) electrons. The minimum Gasteiger partial charge on any atom is -0.396 e. The Morgan fingerprint density at radius 1 is 1.53 bits per heavy atom. The molecule has 0 heterocycles. The highest BCUT2D eigenvalue weighted by Crippen LogP contribution is 2.26. The van der Waals surface area contributed by atoms with Gasteiger partial charge in [0.2, 0.25) is 5.91 Å². The Morgan fingerprint density at radius 2 is 2.20 bits per heavy atom. The smallest absolute Gasteiger partial charge is 0.227 e. The first-order valence-electron chi connectivity index (χ1n) is 5.49. The number of hydrogen-bond acceptors (Lipinski definition) is 2. The molecule has 0 aliphatic heterocycles. The maximum Gasteiger partial charge on any atom is 0.227 e. The summed E-state index contributed by atoms with van der Waals surface area (Å²) < 4.78 is 0. The summed E-state index contributed by atoms with van der Waals surface area (Å²) >= 11 is 5.73. The van der Waals surface area contributed by atoms with Gasteiger partial charge in [0.1, 0.15) is 0 Å². The number of carbonyl (C=O) groups excluding carboxylic acids is 1. The standard InChI is InChI=1S/C11H20ClNO2/c1-11(2,7-12)10(15)13-9-5-3-4-8(9)6-14/h8-9,14H,3-7H2,1-2H3,(H,13,15). The van der Waals surface area contributed by atoms with Gasteiger partial charge in [-0.3, -0.25) is 4.79 Å². The van der Waals surface area contributed by atoms with Crippen LogP contribution in [0.3, 0.4) is 0 Å². The number of nitrogens with one attached hydrogen (secondary N) is 1. The van der Waals surface area contributed by atoms with Gasteiger partial charge >= 0.3 is 0 Å². The van der Waals surface area contributed by atoms with Gasteiger partial charge in [-0.1, -0.05) is 6.42 Å². The summed E-state index contributed by atoms with van der Waals surface area (Å²) in [6.45, 7) is 3.82. The molecule has 2 atom stereocenters. The molecule has 0 aromatic carbocycles. The van der Waals surface area contributed by atoms with Gasteiger partial charge in [-0.25, -0.2) is 0 Å². The molecule has 2 N–H and O–H groups in total. The van der Waals surface area contributed by atoms with Crippen LogP contribution in [0.25, 0.3) is 0 Å². The zero-order chi connectivity index (χ0) is 11.5. The third kappa shape index (κ3) is 3.08. The van der Waals surface area contributed by atoms with E-state index in [1.807, 2.05) is 13.8 Å². The fourth-order valence-corrected chi connectivity index (χ4v) is 1.99. The molecule has 15 heavy (non-hydrogen) atoms. The van der Waals surface area contributed by atoms with Gasteiger partial charge in [0.15, 0.2) is 0 Å². The molecule has 1 aliphatic carbocycles. The van der Waals surface area contributed by atoms with Crippen molar-refractivity contribution < 1.29 is 9.90 Å². The molecule has 88 valence electrons. The van der Waals surface area contributed by atoms with E-state index in [0.717, 1.165) is 19.3 Å². The Morgan fingerprint density at radius 3 is 2.73 bits per heavy atom. The summed E-state index contributed by atoms with van der Waals surface area (Å²) in [5.74, 6) is 0.526. The number of rotatable bonds is 4. The third-order valence-electron chi connectivity index (χ3n) is 3.16. The summed E-state index contributed by atoms with van der Waals surface area (Å²) in [4.78, 5) is 11.8. The zero-order valence-electron chi connectivity index (χ0n) is 9.42. The highest BCUT2D eigenvalue weighted by atomic mass is 35.5. The van der Waals surface area contributed by atoms with Crippen molar-refractivity contribution in [3.8, 4) is 0 Å². The van der Waals surface area contributed by atoms with Crippen LogP contribution in [0, 0.1) is 11.3 Å². The van der Waals surface area contributed by atoms with Crippen LogP contribution in [-0.2, 0) is 4.79 Å². The molecule has 3 nitrogen and oxygen atoms in total. The van der Waals surface area contributed by atoms with Crippen molar-refractivity contribution in [2.45, 2.75) is 39.2 Å². The highest BCUT2D eigenvalue weighted by Gasteiger charge is 2.33. The molecule has 4 heteroatoms. The van der Waals surface area contributed by atoms with Crippen LogP contribution in [0.4, 0.5) is 0 Å². The van der Waals surface area contributed by atoms with Crippen molar-refractivity contribution in [3.05, 3.63) is 0 Å². The van der Waals surface area contributed by atoms with E-state index in [4.69, 9.17) is 16.7 Å². The van der Waals surface area contributed by atoms with E-state index >= 15 is 0 Å². The molecule has 1 rings (SSSR count). The van der Waals surface area contributed by atoms with Gasteiger partial charge < -0.3 is 10.4 Å². The SMILES string of the molecule is CC(C)(CCl)C(=O)NC1CCCC1CO. The topological polar surface area (TPSA) is 49.3 Å². The minimum absolute atomic E-state index is 0.0112. The Labute approximate surface area is 96.2 Å². The summed E-state index contributed by atoms with van der Waals surface area (Å²) in [6.07, 6.45) is 3.05. The summed E-state index contributed by atoms with van der Waals surface area (Å²) in [6, 6.07) is 0.130. The number of halogens is 1. The quantitative estimate of drug-likeness (QED) is 0.724. The number of alkyl halides is 1. The number of amides is 1. The van der Waals surface area contributed by atoms with Crippen molar-refractivity contribution in [1.29, 1.82) is 0 Å². The normalized spacial score (nSPS) is 26.7. The summed E-state index contributed by atoms with van der Waals surface area (Å²) in [5, 5.41) is 12.1. The molecule has 1 aliphatic rings. The van der Waals surface area contributed by atoms with Crippen LogP contribution < -0.4 is 5.32 Å². The lowest BCUT2D eigenvalue weighted by Gasteiger charge is -2.26. The predicted octanol–water partition coefficient (Wildman–Crippen LogP) is 1.53. The maximum atomic E-state index is 11.8. The first-order valence-corrected chi connectivity index (χ1v) is 6.02. The Hall–Kier alpha value is -0.280. The number of aliphatic hydroxyl groups is 1.